The Morgan fingerprint density at radius 3 is 2.87 bits per heavy atom. The van der Waals surface area contributed by atoms with Crippen LogP contribution in [0.25, 0.3) is 0 Å². The van der Waals surface area contributed by atoms with Crippen molar-refractivity contribution < 1.29 is 0 Å². The lowest BCUT2D eigenvalue weighted by Gasteiger charge is -2.05. The predicted octanol–water partition coefficient (Wildman–Crippen LogP) is 2.90. The van der Waals surface area contributed by atoms with E-state index >= 15 is 0 Å². The number of aryl methyl sites for hydroxylation is 1. The lowest BCUT2D eigenvalue weighted by Crippen LogP contribution is -2.07. The second kappa shape index (κ2) is 4.35. The van der Waals surface area contributed by atoms with Gasteiger partial charge in [-0.15, -0.1) is 0 Å². The van der Waals surface area contributed by atoms with Gasteiger partial charge in [-0.3, -0.25) is 0 Å². The SMILES string of the molecule is CCC1CC1CNc1cc(Cl)nc(C)n1. The van der Waals surface area contributed by atoms with Crippen LogP contribution in [0, 0.1) is 18.8 Å². The highest BCUT2D eigenvalue weighted by molar-refractivity contribution is 6.29. The van der Waals surface area contributed by atoms with Crippen molar-refractivity contribution in [1.82, 2.24) is 9.97 Å². The summed E-state index contributed by atoms with van der Waals surface area (Å²) in [5.74, 6) is 3.29. The van der Waals surface area contributed by atoms with Crippen LogP contribution < -0.4 is 5.32 Å². The molecule has 3 nitrogen and oxygen atoms in total. The summed E-state index contributed by atoms with van der Waals surface area (Å²) in [4.78, 5) is 8.30. The summed E-state index contributed by atoms with van der Waals surface area (Å²) in [5.41, 5.74) is 0. The minimum atomic E-state index is 0.507. The molecule has 0 spiro atoms. The van der Waals surface area contributed by atoms with Gasteiger partial charge in [0.1, 0.15) is 16.8 Å². The molecule has 0 bridgehead atoms. The first-order chi connectivity index (χ1) is 7.19. The molecule has 1 fully saturated rings. The third kappa shape index (κ3) is 2.81. The van der Waals surface area contributed by atoms with Gasteiger partial charge in [-0.1, -0.05) is 24.9 Å². The molecule has 2 rings (SSSR count). The van der Waals surface area contributed by atoms with E-state index in [0.29, 0.717) is 11.0 Å². The molecule has 1 aromatic heterocycles. The summed E-state index contributed by atoms with van der Waals surface area (Å²) in [6.07, 6.45) is 2.64. The van der Waals surface area contributed by atoms with Crippen molar-refractivity contribution in [2.45, 2.75) is 26.7 Å². The molecule has 2 unspecified atom stereocenters. The first kappa shape index (κ1) is 10.7. The fourth-order valence-electron chi connectivity index (χ4n) is 1.92. The standard InChI is InChI=1S/C11H16ClN3/c1-3-8-4-9(8)6-13-11-5-10(12)14-7(2)15-11/h5,8-9H,3-4,6H2,1-2H3,(H,13,14,15). The number of nitrogens with zero attached hydrogens (tertiary/aromatic N) is 2. The molecule has 2 atom stereocenters. The van der Waals surface area contributed by atoms with Crippen LogP contribution in [0.1, 0.15) is 25.6 Å². The van der Waals surface area contributed by atoms with Crippen molar-refractivity contribution in [1.29, 1.82) is 0 Å². The quantitative estimate of drug-likeness (QED) is 0.801. The van der Waals surface area contributed by atoms with Gasteiger partial charge in [-0.05, 0) is 25.2 Å². The van der Waals surface area contributed by atoms with Crippen molar-refractivity contribution in [3.05, 3.63) is 17.0 Å². The van der Waals surface area contributed by atoms with E-state index in [1.165, 1.54) is 12.8 Å². The third-order valence-electron chi connectivity index (χ3n) is 2.95. The van der Waals surface area contributed by atoms with Gasteiger partial charge < -0.3 is 5.32 Å². The van der Waals surface area contributed by atoms with E-state index in [4.69, 9.17) is 11.6 Å². The molecule has 1 saturated carbocycles. The average molecular weight is 226 g/mol. The van der Waals surface area contributed by atoms with Crippen LogP contribution in [-0.4, -0.2) is 16.5 Å². The maximum Gasteiger partial charge on any atom is 0.134 e. The van der Waals surface area contributed by atoms with Crippen molar-refractivity contribution in [2.24, 2.45) is 11.8 Å². The van der Waals surface area contributed by atoms with E-state index in [0.717, 1.165) is 24.2 Å². The first-order valence-electron chi connectivity index (χ1n) is 5.44. The molecule has 1 aliphatic rings. The second-order valence-corrected chi connectivity index (χ2v) is 4.56. The van der Waals surface area contributed by atoms with Crippen molar-refractivity contribution >= 4 is 17.4 Å². The minimum Gasteiger partial charge on any atom is -0.370 e. The zero-order valence-corrected chi connectivity index (χ0v) is 9.88. The van der Waals surface area contributed by atoms with Crippen LogP contribution in [0.5, 0.6) is 0 Å². The lowest BCUT2D eigenvalue weighted by atomic mass is 10.2. The summed E-state index contributed by atoms with van der Waals surface area (Å²) in [7, 11) is 0. The van der Waals surface area contributed by atoms with Crippen molar-refractivity contribution in [2.75, 3.05) is 11.9 Å². The van der Waals surface area contributed by atoms with Crippen LogP contribution in [0.3, 0.4) is 0 Å². The molecule has 1 heterocycles. The largest absolute Gasteiger partial charge is 0.370 e. The summed E-state index contributed by atoms with van der Waals surface area (Å²) in [6, 6.07) is 1.78. The molecule has 0 aliphatic heterocycles. The Balaban J connectivity index is 1.88. The van der Waals surface area contributed by atoms with Crippen molar-refractivity contribution in [3.63, 3.8) is 0 Å². The topological polar surface area (TPSA) is 37.8 Å². The van der Waals surface area contributed by atoms with E-state index in [1.54, 1.807) is 6.07 Å². The van der Waals surface area contributed by atoms with E-state index in [2.05, 4.69) is 22.2 Å². The van der Waals surface area contributed by atoms with Crippen molar-refractivity contribution in [3.8, 4) is 0 Å². The predicted molar refractivity (Wildman–Crippen MR) is 62.2 cm³/mol. The molecule has 0 saturated heterocycles. The Bertz CT molecular complexity index is 333. The minimum absolute atomic E-state index is 0.507. The number of rotatable bonds is 4. The zero-order chi connectivity index (χ0) is 10.8. The van der Waals surface area contributed by atoms with Gasteiger partial charge in [0, 0.05) is 12.6 Å². The Hall–Kier alpha value is -0.830. The molecule has 82 valence electrons. The van der Waals surface area contributed by atoms with Gasteiger partial charge in [-0.25, -0.2) is 9.97 Å². The summed E-state index contributed by atoms with van der Waals surface area (Å²) < 4.78 is 0. The Morgan fingerprint density at radius 1 is 1.47 bits per heavy atom. The Kier molecular flexibility index (Phi) is 3.10. The highest BCUT2D eigenvalue weighted by Gasteiger charge is 2.34. The zero-order valence-electron chi connectivity index (χ0n) is 9.13. The van der Waals surface area contributed by atoms with E-state index in [9.17, 15) is 0 Å². The van der Waals surface area contributed by atoms with Crippen LogP contribution >= 0.6 is 11.6 Å². The smallest absolute Gasteiger partial charge is 0.134 e. The third-order valence-corrected chi connectivity index (χ3v) is 3.14. The first-order valence-corrected chi connectivity index (χ1v) is 5.82. The van der Waals surface area contributed by atoms with Gasteiger partial charge in [0.15, 0.2) is 0 Å². The van der Waals surface area contributed by atoms with Gasteiger partial charge in [0.25, 0.3) is 0 Å². The van der Waals surface area contributed by atoms with Gasteiger partial charge in [-0.2, -0.15) is 0 Å². The molecule has 1 aliphatic carbocycles. The normalized spacial score (nSPS) is 23.9. The molecule has 0 aromatic carbocycles. The van der Waals surface area contributed by atoms with Gasteiger partial charge >= 0.3 is 0 Å². The van der Waals surface area contributed by atoms with Crippen LogP contribution in [0.2, 0.25) is 5.15 Å². The highest BCUT2D eigenvalue weighted by Crippen LogP contribution is 2.40. The maximum absolute atomic E-state index is 5.85. The fourth-order valence-corrected chi connectivity index (χ4v) is 2.14. The fraction of sp³-hybridized carbons (Fsp3) is 0.636. The lowest BCUT2D eigenvalue weighted by molar-refractivity contribution is 0.700. The second-order valence-electron chi connectivity index (χ2n) is 4.17. The molecule has 0 radical (unpaired) electrons. The number of hydrogen-bond acceptors (Lipinski definition) is 3. The van der Waals surface area contributed by atoms with Crippen LogP contribution in [0.15, 0.2) is 6.07 Å². The Labute approximate surface area is 95.3 Å². The maximum atomic E-state index is 5.85. The number of halogens is 1. The molecule has 15 heavy (non-hydrogen) atoms. The molecule has 1 aromatic rings. The molecule has 4 heteroatoms. The van der Waals surface area contributed by atoms with E-state index in [-0.39, 0.29) is 0 Å². The average Bonchev–Trinajstić information content (AvgIpc) is 2.91. The van der Waals surface area contributed by atoms with Gasteiger partial charge in [0.05, 0.1) is 0 Å². The number of nitrogens with one attached hydrogen (secondary N) is 1. The van der Waals surface area contributed by atoms with Gasteiger partial charge in [0.2, 0.25) is 0 Å². The number of aromatic nitrogens is 2. The Morgan fingerprint density at radius 2 is 2.27 bits per heavy atom. The highest BCUT2D eigenvalue weighted by atomic mass is 35.5. The van der Waals surface area contributed by atoms with E-state index < -0.39 is 0 Å². The molecule has 1 N–H and O–H groups in total. The summed E-state index contributed by atoms with van der Waals surface area (Å²) in [6.45, 7) is 5.10. The summed E-state index contributed by atoms with van der Waals surface area (Å²) in [5, 5.41) is 3.82. The van der Waals surface area contributed by atoms with Crippen LogP contribution in [-0.2, 0) is 0 Å². The molecule has 0 amide bonds. The summed E-state index contributed by atoms with van der Waals surface area (Å²) >= 11 is 5.85. The van der Waals surface area contributed by atoms with Crippen LogP contribution in [0.4, 0.5) is 5.82 Å². The molecular formula is C11H16ClN3. The molecular weight excluding hydrogens is 210 g/mol. The van der Waals surface area contributed by atoms with E-state index in [1.807, 2.05) is 6.92 Å². The monoisotopic (exact) mass is 225 g/mol. The number of hydrogen-bond donors (Lipinski definition) is 1. The number of anilines is 1.